The molecule has 1 fully saturated rings. The summed E-state index contributed by atoms with van der Waals surface area (Å²) in [4.78, 5) is 3.89. The first-order chi connectivity index (χ1) is 7.04. The topological polar surface area (TPSA) is 82.3 Å². The molecule has 0 aromatic carbocycles. The number of nitrogens with two attached hydrogens (primary N) is 1. The maximum absolute atomic E-state index is 11.4. The lowest BCUT2D eigenvalue weighted by Crippen LogP contribution is -2.16. The fourth-order valence-electron chi connectivity index (χ4n) is 1.59. The first-order valence-electron chi connectivity index (χ1n) is 4.59. The van der Waals surface area contributed by atoms with Crippen molar-refractivity contribution in [3.05, 3.63) is 17.8 Å². The minimum absolute atomic E-state index is 0.0370. The monoisotopic (exact) mass is 228 g/mol. The number of nitrogens with zero attached hydrogens (tertiary/aromatic N) is 1. The number of sulfonamides is 1. The fraction of sp³-hybridized carbons (Fsp3) is 0.444. The van der Waals surface area contributed by atoms with Gasteiger partial charge in [0.1, 0.15) is 4.90 Å². The highest BCUT2D eigenvalue weighted by Gasteiger charge is 2.32. The second-order valence-electron chi connectivity index (χ2n) is 3.56. The molecule has 1 aromatic rings. The summed E-state index contributed by atoms with van der Waals surface area (Å²) >= 11 is 0. The van der Waals surface area contributed by atoms with Crippen LogP contribution in [0.4, 0.5) is 0 Å². The molecule has 0 bridgehead atoms. The van der Waals surface area contributed by atoms with E-state index in [1.807, 2.05) is 0 Å². The van der Waals surface area contributed by atoms with Crippen molar-refractivity contribution in [2.45, 2.75) is 23.7 Å². The largest absolute Gasteiger partial charge is 0.480 e. The van der Waals surface area contributed by atoms with E-state index in [2.05, 4.69) is 4.98 Å². The Bertz CT molecular complexity index is 480. The molecule has 5 nitrogen and oxygen atoms in total. The van der Waals surface area contributed by atoms with Gasteiger partial charge < -0.3 is 4.74 Å². The van der Waals surface area contributed by atoms with E-state index in [4.69, 9.17) is 9.88 Å². The summed E-state index contributed by atoms with van der Waals surface area (Å²) in [6, 6.07) is 1.69. The molecule has 2 N–H and O–H groups in total. The van der Waals surface area contributed by atoms with Crippen molar-refractivity contribution in [2.75, 3.05) is 7.11 Å². The second kappa shape index (κ2) is 3.46. The number of hydrogen-bond donors (Lipinski definition) is 1. The molecule has 82 valence electrons. The van der Waals surface area contributed by atoms with Crippen LogP contribution in [0, 0.1) is 0 Å². The van der Waals surface area contributed by atoms with Gasteiger partial charge in [-0.25, -0.2) is 18.5 Å². The van der Waals surface area contributed by atoms with Crippen molar-refractivity contribution >= 4 is 10.0 Å². The first kappa shape index (κ1) is 10.4. The SMILES string of the molecule is COc1nccc(C2CC2)c1S(N)(=O)=O. The number of hydrogen-bond acceptors (Lipinski definition) is 4. The summed E-state index contributed by atoms with van der Waals surface area (Å²) in [5.74, 6) is 0.372. The minimum atomic E-state index is -3.77. The Labute approximate surface area is 88.3 Å². The molecule has 0 saturated heterocycles. The quantitative estimate of drug-likeness (QED) is 0.822. The summed E-state index contributed by atoms with van der Waals surface area (Å²) < 4.78 is 27.8. The molecule has 2 rings (SSSR count). The van der Waals surface area contributed by atoms with Crippen LogP contribution in [-0.2, 0) is 10.0 Å². The number of ether oxygens (including phenoxy) is 1. The molecular weight excluding hydrogens is 216 g/mol. The zero-order valence-electron chi connectivity index (χ0n) is 8.30. The maximum Gasteiger partial charge on any atom is 0.243 e. The van der Waals surface area contributed by atoms with Gasteiger partial charge in [-0.2, -0.15) is 0 Å². The van der Waals surface area contributed by atoms with Crippen LogP contribution < -0.4 is 9.88 Å². The number of rotatable bonds is 3. The van der Waals surface area contributed by atoms with Crippen molar-refractivity contribution < 1.29 is 13.2 Å². The van der Waals surface area contributed by atoms with E-state index in [0.717, 1.165) is 18.4 Å². The Kier molecular flexibility index (Phi) is 2.40. The fourth-order valence-corrected chi connectivity index (χ4v) is 2.53. The average molecular weight is 228 g/mol. The minimum Gasteiger partial charge on any atom is -0.480 e. The van der Waals surface area contributed by atoms with E-state index in [1.54, 1.807) is 12.3 Å². The van der Waals surface area contributed by atoms with Crippen LogP contribution in [0.3, 0.4) is 0 Å². The van der Waals surface area contributed by atoms with E-state index in [0.29, 0.717) is 0 Å². The number of methoxy groups -OCH3 is 1. The highest BCUT2D eigenvalue weighted by Crippen LogP contribution is 2.44. The highest BCUT2D eigenvalue weighted by atomic mass is 32.2. The molecular formula is C9H12N2O3S. The summed E-state index contributed by atoms with van der Waals surface area (Å²) in [6.45, 7) is 0. The Balaban J connectivity index is 2.64. The molecule has 15 heavy (non-hydrogen) atoms. The average Bonchev–Trinajstić information content (AvgIpc) is 2.98. The lowest BCUT2D eigenvalue weighted by Gasteiger charge is -2.09. The standard InChI is InChI=1S/C9H12N2O3S/c1-14-9-8(15(10,12)13)7(4-5-11-9)6-2-3-6/h4-6H,2-3H2,1H3,(H2,10,12,13). The van der Waals surface area contributed by atoms with Gasteiger partial charge in [-0.3, -0.25) is 0 Å². The number of aromatic nitrogens is 1. The van der Waals surface area contributed by atoms with Gasteiger partial charge in [0.25, 0.3) is 0 Å². The van der Waals surface area contributed by atoms with E-state index >= 15 is 0 Å². The Morgan fingerprint density at radius 1 is 1.53 bits per heavy atom. The van der Waals surface area contributed by atoms with E-state index in [9.17, 15) is 8.42 Å². The zero-order chi connectivity index (χ0) is 11.1. The van der Waals surface area contributed by atoms with Gasteiger partial charge in [-0.1, -0.05) is 0 Å². The molecule has 1 saturated carbocycles. The first-order valence-corrected chi connectivity index (χ1v) is 6.14. The molecule has 0 amide bonds. The lowest BCUT2D eigenvalue weighted by atomic mass is 10.2. The molecule has 1 aliphatic rings. The van der Waals surface area contributed by atoms with Crippen LogP contribution in [0.5, 0.6) is 5.88 Å². The van der Waals surface area contributed by atoms with Crippen LogP contribution in [-0.4, -0.2) is 20.5 Å². The summed E-state index contributed by atoms with van der Waals surface area (Å²) in [5.41, 5.74) is 0.726. The molecule has 1 aliphatic carbocycles. The van der Waals surface area contributed by atoms with Crippen molar-refractivity contribution in [3.63, 3.8) is 0 Å². The van der Waals surface area contributed by atoms with Gasteiger partial charge in [0, 0.05) is 6.20 Å². The molecule has 0 atom stereocenters. The number of primary sulfonamides is 1. The van der Waals surface area contributed by atoms with Crippen LogP contribution in [0.1, 0.15) is 24.3 Å². The van der Waals surface area contributed by atoms with E-state index in [1.165, 1.54) is 7.11 Å². The Morgan fingerprint density at radius 3 is 2.67 bits per heavy atom. The van der Waals surface area contributed by atoms with Gasteiger partial charge >= 0.3 is 0 Å². The third-order valence-corrected chi connectivity index (χ3v) is 3.38. The number of pyridine rings is 1. The molecule has 0 unspecified atom stereocenters. The molecule has 0 spiro atoms. The van der Waals surface area contributed by atoms with Crippen LogP contribution in [0.15, 0.2) is 17.2 Å². The van der Waals surface area contributed by atoms with Crippen LogP contribution in [0.25, 0.3) is 0 Å². The van der Waals surface area contributed by atoms with Crippen LogP contribution >= 0.6 is 0 Å². The normalized spacial score (nSPS) is 16.4. The van der Waals surface area contributed by atoms with Gasteiger partial charge in [-0.15, -0.1) is 0 Å². The van der Waals surface area contributed by atoms with Crippen molar-refractivity contribution in [1.82, 2.24) is 4.98 Å². The maximum atomic E-state index is 11.4. The molecule has 0 aliphatic heterocycles. The third kappa shape index (κ3) is 1.95. The summed E-state index contributed by atoms with van der Waals surface area (Å²) in [6.07, 6.45) is 3.53. The van der Waals surface area contributed by atoms with Gasteiger partial charge in [-0.05, 0) is 30.4 Å². The van der Waals surface area contributed by atoms with E-state index in [-0.39, 0.29) is 16.7 Å². The van der Waals surface area contributed by atoms with Crippen molar-refractivity contribution in [1.29, 1.82) is 0 Å². The molecule has 6 heteroatoms. The highest BCUT2D eigenvalue weighted by molar-refractivity contribution is 7.89. The van der Waals surface area contributed by atoms with Crippen molar-refractivity contribution in [3.8, 4) is 5.88 Å². The third-order valence-electron chi connectivity index (χ3n) is 2.40. The molecule has 1 aromatic heterocycles. The summed E-state index contributed by atoms with van der Waals surface area (Å²) in [7, 11) is -2.39. The van der Waals surface area contributed by atoms with Crippen LogP contribution in [0.2, 0.25) is 0 Å². The van der Waals surface area contributed by atoms with E-state index < -0.39 is 10.0 Å². The van der Waals surface area contributed by atoms with Gasteiger partial charge in [0.2, 0.25) is 15.9 Å². The lowest BCUT2D eigenvalue weighted by molar-refractivity contribution is 0.384. The summed E-state index contributed by atoms with van der Waals surface area (Å²) in [5, 5.41) is 5.15. The molecule has 1 heterocycles. The smallest absolute Gasteiger partial charge is 0.243 e. The van der Waals surface area contributed by atoms with Gasteiger partial charge in [0.05, 0.1) is 7.11 Å². The second-order valence-corrected chi connectivity index (χ2v) is 5.06. The molecule has 0 radical (unpaired) electrons. The predicted molar refractivity (Wildman–Crippen MR) is 54.1 cm³/mol. The zero-order valence-corrected chi connectivity index (χ0v) is 9.12. The van der Waals surface area contributed by atoms with Crippen molar-refractivity contribution in [2.24, 2.45) is 5.14 Å². The van der Waals surface area contributed by atoms with Gasteiger partial charge in [0.15, 0.2) is 0 Å². The Hall–Kier alpha value is -1.14. The Morgan fingerprint density at radius 2 is 2.20 bits per heavy atom. The predicted octanol–water partition coefficient (Wildman–Crippen LogP) is 0.615.